The molecule has 0 atom stereocenters. The van der Waals surface area contributed by atoms with Crippen LogP contribution in [-0.4, -0.2) is 56.4 Å². The van der Waals surface area contributed by atoms with Crippen LogP contribution in [0.5, 0.6) is 28.7 Å². The zero-order valence-electron chi connectivity index (χ0n) is 21.3. The summed E-state index contributed by atoms with van der Waals surface area (Å²) in [6, 6.07) is 16.1. The summed E-state index contributed by atoms with van der Waals surface area (Å²) in [5.41, 5.74) is 1.01. The minimum Gasteiger partial charge on any atom is -0.493 e. The Kier molecular flexibility index (Phi) is 9.07. The summed E-state index contributed by atoms with van der Waals surface area (Å²) in [4.78, 5) is 12.9. The summed E-state index contributed by atoms with van der Waals surface area (Å²) in [6.45, 7) is -0.348. The van der Waals surface area contributed by atoms with E-state index in [4.69, 9.17) is 23.7 Å². The molecule has 10 nitrogen and oxygen atoms in total. The number of anilines is 1. The lowest BCUT2D eigenvalue weighted by Crippen LogP contribution is -2.40. The van der Waals surface area contributed by atoms with E-state index < -0.39 is 22.5 Å². The lowest BCUT2D eigenvalue weighted by atomic mass is 10.1. The topological polar surface area (TPSA) is 113 Å². The zero-order chi connectivity index (χ0) is 27.0. The van der Waals surface area contributed by atoms with E-state index in [9.17, 15) is 13.2 Å². The number of hydrogen-bond donors (Lipinski definition) is 1. The van der Waals surface area contributed by atoms with Crippen LogP contribution in [0, 0.1) is 0 Å². The number of nitrogens with zero attached hydrogens (tertiary/aromatic N) is 1. The Morgan fingerprint density at radius 3 is 1.89 bits per heavy atom. The van der Waals surface area contributed by atoms with Gasteiger partial charge >= 0.3 is 0 Å². The van der Waals surface area contributed by atoms with Gasteiger partial charge in [0.25, 0.3) is 10.0 Å². The molecule has 0 spiro atoms. The van der Waals surface area contributed by atoms with E-state index in [0.29, 0.717) is 34.2 Å². The highest BCUT2D eigenvalue weighted by atomic mass is 32.2. The molecule has 1 amide bonds. The Labute approximate surface area is 216 Å². The first kappa shape index (κ1) is 27.5. The van der Waals surface area contributed by atoms with Gasteiger partial charge in [-0.15, -0.1) is 0 Å². The van der Waals surface area contributed by atoms with Gasteiger partial charge in [0.05, 0.1) is 46.1 Å². The Morgan fingerprint density at radius 2 is 1.35 bits per heavy atom. The Bertz CT molecular complexity index is 1300. The second kappa shape index (κ2) is 12.2. The van der Waals surface area contributed by atoms with Gasteiger partial charge in [0, 0.05) is 12.6 Å². The second-order valence-corrected chi connectivity index (χ2v) is 9.54. The number of hydrogen-bond acceptors (Lipinski definition) is 8. The highest BCUT2D eigenvalue weighted by Gasteiger charge is 2.28. The van der Waals surface area contributed by atoms with Crippen molar-refractivity contribution in [3.63, 3.8) is 0 Å². The maximum absolute atomic E-state index is 13.7. The lowest BCUT2D eigenvalue weighted by molar-refractivity contribution is -0.119. The fourth-order valence-corrected chi connectivity index (χ4v) is 5.07. The van der Waals surface area contributed by atoms with Gasteiger partial charge < -0.3 is 29.0 Å². The van der Waals surface area contributed by atoms with Gasteiger partial charge in [-0.2, -0.15) is 0 Å². The number of carbonyl (C=O) groups excluding carboxylic acids is 1. The SMILES string of the molecule is COc1ccc(S(=O)(=O)N(CC(=O)NCc2cc(OC)c(OC)c(OC)c2)c2ccccc2)cc1OC. The molecule has 0 saturated heterocycles. The molecule has 0 aliphatic carbocycles. The highest BCUT2D eigenvalue weighted by molar-refractivity contribution is 7.92. The monoisotopic (exact) mass is 530 g/mol. The smallest absolute Gasteiger partial charge is 0.264 e. The van der Waals surface area contributed by atoms with Crippen molar-refractivity contribution < 1.29 is 36.9 Å². The minimum atomic E-state index is -4.14. The number of rotatable bonds is 12. The van der Waals surface area contributed by atoms with Crippen molar-refractivity contribution in [3.8, 4) is 28.7 Å². The summed E-state index contributed by atoms with van der Waals surface area (Å²) in [7, 11) is 3.23. The molecule has 3 aromatic carbocycles. The van der Waals surface area contributed by atoms with E-state index >= 15 is 0 Å². The Morgan fingerprint density at radius 1 is 0.757 bits per heavy atom. The first-order valence-electron chi connectivity index (χ1n) is 11.1. The van der Waals surface area contributed by atoms with E-state index in [1.807, 2.05) is 0 Å². The van der Waals surface area contributed by atoms with Crippen LogP contribution in [0.3, 0.4) is 0 Å². The molecule has 3 rings (SSSR count). The molecule has 37 heavy (non-hydrogen) atoms. The lowest BCUT2D eigenvalue weighted by Gasteiger charge is -2.24. The molecule has 0 heterocycles. The number of para-hydroxylation sites is 1. The molecule has 0 radical (unpaired) electrons. The summed E-state index contributed by atoms with van der Waals surface area (Å²) >= 11 is 0. The molecule has 0 unspecified atom stereocenters. The van der Waals surface area contributed by atoms with Crippen molar-refractivity contribution in [3.05, 3.63) is 66.2 Å². The van der Waals surface area contributed by atoms with Gasteiger partial charge in [-0.3, -0.25) is 9.10 Å². The van der Waals surface area contributed by atoms with Gasteiger partial charge in [-0.05, 0) is 42.0 Å². The Balaban J connectivity index is 1.87. The summed E-state index contributed by atoms with van der Waals surface area (Å²) < 4.78 is 54.8. The van der Waals surface area contributed by atoms with Gasteiger partial charge in [-0.25, -0.2) is 8.42 Å². The number of amides is 1. The van der Waals surface area contributed by atoms with Crippen molar-refractivity contribution in [2.24, 2.45) is 0 Å². The molecule has 198 valence electrons. The number of nitrogens with one attached hydrogen (secondary N) is 1. The summed E-state index contributed by atoms with van der Waals surface area (Å²) in [6.07, 6.45) is 0. The van der Waals surface area contributed by atoms with E-state index in [0.717, 1.165) is 4.31 Å². The average Bonchev–Trinajstić information content (AvgIpc) is 2.93. The predicted molar refractivity (Wildman–Crippen MR) is 138 cm³/mol. The van der Waals surface area contributed by atoms with Gasteiger partial charge in [-0.1, -0.05) is 18.2 Å². The predicted octanol–water partition coefficient (Wildman–Crippen LogP) is 3.24. The largest absolute Gasteiger partial charge is 0.493 e. The van der Waals surface area contributed by atoms with Crippen molar-refractivity contribution in [1.82, 2.24) is 5.32 Å². The molecule has 3 aromatic rings. The third-order valence-corrected chi connectivity index (χ3v) is 7.26. The molecule has 0 aromatic heterocycles. The fourth-order valence-electron chi connectivity index (χ4n) is 3.64. The fraction of sp³-hybridized carbons (Fsp3) is 0.269. The van der Waals surface area contributed by atoms with Crippen LogP contribution in [-0.2, 0) is 21.4 Å². The van der Waals surface area contributed by atoms with Gasteiger partial charge in [0.15, 0.2) is 23.0 Å². The zero-order valence-corrected chi connectivity index (χ0v) is 22.1. The van der Waals surface area contributed by atoms with Crippen LogP contribution < -0.4 is 33.3 Å². The number of benzene rings is 3. The maximum Gasteiger partial charge on any atom is 0.264 e. The van der Waals surface area contributed by atoms with Gasteiger partial charge in [0.1, 0.15) is 6.54 Å². The molecule has 0 aliphatic heterocycles. The van der Waals surface area contributed by atoms with Crippen LogP contribution >= 0.6 is 0 Å². The van der Waals surface area contributed by atoms with E-state index in [-0.39, 0.29) is 17.2 Å². The highest BCUT2D eigenvalue weighted by Crippen LogP contribution is 2.38. The molecule has 0 saturated carbocycles. The van der Waals surface area contributed by atoms with Crippen molar-refractivity contribution in [1.29, 1.82) is 0 Å². The molecular weight excluding hydrogens is 500 g/mol. The minimum absolute atomic E-state index is 0.0496. The average molecular weight is 531 g/mol. The Hall–Kier alpha value is -4.12. The first-order valence-corrected chi connectivity index (χ1v) is 12.6. The standard InChI is InChI=1S/C26H30N2O8S/c1-32-21-12-11-20(15-22(21)33-2)37(30,31)28(19-9-7-6-8-10-19)17-25(29)27-16-18-13-23(34-3)26(36-5)24(14-18)35-4/h6-15H,16-17H2,1-5H3,(H,27,29). The number of carbonyl (C=O) groups is 1. The summed E-state index contributed by atoms with van der Waals surface area (Å²) in [5, 5.41) is 2.76. The normalized spacial score (nSPS) is 10.8. The first-order chi connectivity index (χ1) is 17.8. The van der Waals surface area contributed by atoms with E-state index in [1.165, 1.54) is 53.7 Å². The van der Waals surface area contributed by atoms with Crippen LogP contribution in [0.4, 0.5) is 5.69 Å². The third kappa shape index (κ3) is 6.18. The number of methoxy groups -OCH3 is 5. The van der Waals surface area contributed by atoms with E-state index in [1.54, 1.807) is 42.5 Å². The van der Waals surface area contributed by atoms with Gasteiger partial charge in [0.2, 0.25) is 11.7 Å². The van der Waals surface area contributed by atoms with Crippen molar-refractivity contribution in [2.45, 2.75) is 11.4 Å². The van der Waals surface area contributed by atoms with E-state index in [2.05, 4.69) is 5.32 Å². The molecule has 11 heteroatoms. The quantitative estimate of drug-likeness (QED) is 0.380. The van der Waals surface area contributed by atoms with Crippen molar-refractivity contribution >= 4 is 21.6 Å². The molecular formula is C26H30N2O8S. The molecule has 0 bridgehead atoms. The maximum atomic E-state index is 13.7. The van der Waals surface area contributed by atoms with Crippen molar-refractivity contribution in [2.75, 3.05) is 46.4 Å². The molecule has 0 aliphatic rings. The van der Waals surface area contributed by atoms with Crippen LogP contribution in [0.25, 0.3) is 0 Å². The van der Waals surface area contributed by atoms with Crippen LogP contribution in [0.1, 0.15) is 5.56 Å². The summed E-state index contributed by atoms with van der Waals surface area (Å²) in [5.74, 6) is 1.43. The number of ether oxygens (including phenoxy) is 5. The van der Waals surface area contributed by atoms with Crippen LogP contribution in [0.15, 0.2) is 65.6 Å². The molecule has 0 fully saturated rings. The molecule has 1 N–H and O–H groups in total. The second-order valence-electron chi connectivity index (χ2n) is 7.67. The van der Waals surface area contributed by atoms with Crippen LogP contribution in [0.2, 0.25) is 0 Å². The third-order valence-electron chi connectivity index (χ3n) is 5.49. The number of sulfonamides is 1.